The van der Waals surface area contributed by atoms with Crippen LogP contribution in [0.3, 0.4) is 0 Å². The van der Waals surface area contributed by atoms with Crippen molar-refractivity contribution in [2.24, 2.45) is 17.6 Å². The van der Waals surface area contributed by atoms with Crippen LogP contribution < -0.4 is 11.1 Å². The molecule has 1 aromatic carbocycles. The molecule has 0 spiro atoms. The normalized spacial score (nSPS) is 17.0. The van der Waals surface area contributed by atoms with Crippen LogP contribution in [0.4, 0.5) is 5.69 Å². The number of hydrogen-bond donors (Lipinski definition) is 2. The lowest BCUT2D eigenvalue weighted by molar-refractivity contribution is -0.117. The van der Waals surface area contributed by atoms with Gasteiger partial charge in [-0.1, -0.05) is 20.8 Å². The number of carbonyl (C=O) groups is 2. The van der Waals surface area contributed by atoms with Crippen LogP contribution in [-0.4, -0.2) is 35.8 Å². The molecule has 5 heteroatoms. The fourth-order valence-electron chi connectivity index (χ4n) is 2.94. The average molecular weight is 331 g/mol. The minimum absolute atomic E-state index is 0.0660. The smallest absolute Gasteiger partial charge is 0.253 e. The first-order valence-corrected chi connectivity index (χ1v) is 8.82. The first kappa shape index (κ1) is 18.5. The van der Waals surface area contributed by atoms with Crippen molar-refractivity contribution in [1.82, 2.24) is 4.90 Å². The monoisotopic (exact) mass is 331 g/mol. The molecule has 1 saturated heterocycles. The molecule has 1 aromatic rings. The van der Waals surface area contributed by atoms with Gasteiger partial charge in [0, 0.05) is 24.3 Å². The van der Waals surface area contributed by atoms with Crippen molar-refractivity contribution in [3.8, 4) is 0 Å². The lowest BCUT2D eigenvalue weighted by Crippen LogP contribution is -2.38. The van der Waals surface area contributed by atoms with Crippen LogP contribution in [0.15, 0.2) is 24.3 Å². The Labute approximate surface area is 144 Å². The van der Waals surface area contributed by atoms with E-state index < -0.39 is 6.04 Å². The summed E-state index contributed by atoms with van der Waals surface area (Å²) in [5.41, 5.74) is 7.21. The van der Waals surface area contributed by atoms with Crippen LogP contribution in [-0.2, 0) is 4.79 Å². The molecular formula is C19H29N3O2. The molecule has 2 rings (SSSR count). The van der Waals surface area contributed by atoms with Gasteiger partial charge in [-0.05, 0) is 55.4 Å². The van der Waals surface area contributed by atoms with Crippen molar-refractivity contribution in [2.45, 2.75) is 46.1 Å². The molecule has 1 heterocycles. The number of amides is 2. The predicted molar refractivity (Wildman–Crippen MR) is 96.8 cm³/mol. The maximum atomic E-state index is 12.5. The zero-order valence-electron chi connectivity index (χ0n) is 14.9. The zero-order chi connectivity index (χ0) is 17.7. The van der Waals surface area contributed by atoms with Gasteiger partial charge >= 0.3 is 0 Å². The number of anilines is 1. The first-order valence-electron chi connectivity index (χ1n) is 8.82. The van der Waals surface area contributed by atoms with Crippen molar-refractivity contribution in [2.75, 3.05) is 18.4 Å². The summed E-state index contributed by atoms with van der Waals surface area (Å²) >= 11 is 0. The molecule has 1 atom stereocenters. The minimum atomic E-state index is -0.512. The Morgan fingerprint density at radius 3 is 2.33 bits per heavy atom. The average Bonchev–Trinajstić information content (AvgIpc) is 2.55. The van der Waals surface area contributed by atoms with Gasteiger partial charge in [0.2, 0.25) is 5.91 Å². The van der Waals surface area contributed by atoms with Crippen LogP contribution in [0.5, 0.6) is 0 Å². The Hall–Kier alpha value is -1.88. The van der Waals surface area contributed by atoms with Gasteiger partial charge in [0.1, 0.15) is 0 Å². The van der Waals surface area contributed by atoms with Crippen LogP contribution in [0.1, 0.15) is 50.4 Å². The molecule has 3 N–H and O–H groups in total. The number of carbonyl (C=O) groups excluding carboxylic acids is 2. The number of hydrogen-bond acceptors (Lipinski definition) is 3. The molecule has 0 radical (unpaired) electrons. The van der Waals surface area contributed by atoms with E-state index in [1.165, 1.54) is 0 Å². The number of benzene rings is 1. The number of piperidine rings is 1. The fourth-order valence-corrected chi connectivity index (χ4v) is 2.94. The van der Waals surface area contributed by atoms with Gasteiger partial charge in [0.15, 0.2) is 0 Å². The second-order valence-electron chi connectivity index (χ2n) is 7.28. The van der Waals surface area contributed by atoms with E-state index in [1.807, 2.05) is 18.7 Å². The van der Waals surface area contributed by atoms with E-state index in [0.717, 1.165) is 25.9 Å². The van der Waals surface area contributed by atoms with Gasteiger partial charge in [0.25, 0.3) is 5.91 Å². The molecule has 1 fully saturated rings. The zero-order valence-corrected chi connectivity index (χ0v) is 14.9. The predicted octanol–water partition coefficient (Wildman–Crippen LogP) is 2.87. The molecule has 0 aliphatic carbocycles. The van der Waals surface area contributed by atoms with Gasteiger partial charge in [-0.15, -0.1) is 0 Å². The van der Waals surface area contributed by atoms with Crippen molar-refractivity contribution >= 4 is 17.5 Å². The molecule has 2 amide bonds. The highest BCUT2D eigenvalue weighted by Gasteiger charge is 2.21. The number of nitrogens with two attached hydrogens (primary N) is 1. The molecule has 24 heavy (non-hydrogen) atoms. The molecule has 0 aromatic heterocycles. The number of nitrogens with zero attached hydrogens (tertiary/aromatic N) is 1. The molecule has 0 saturated carbocycles. The number of rotatable bonds is 5. The first-order chi connectivity index (χ1) is 11.4. The van der Waals surface area contributed by atoms with E-state index in [1.54, 1.807) is 24.3 Å². The SMILES string of the molecule is CC(C)C[C@H](N)C(=O)Nc1ccc(C(=O)N2CCC(C)CC2)cc1. The molecule has 0 unspecified atom stereocenters. The molecule has 5 nitrogen and oxygen atoms in total. The molecule has 132 valence electrons. The summed E-state index contributed by atoms with van der Waals surface area (Å²) in [6.07, 6.45) is 2.77. The van der Waals surface area contributed by atoms with Crippen molar-refractivity contribution in [3.05, 3.63) is 29.8 Å². The third-order valence-corrected chi connectivity index (χ3v) is 4.53. The summed E-state index contributed by atoms with van der Waals surface area (Å²) in [6.45, 7) is 7.94. The summed E-state index contributed by atoms with van der Waals surface area (Å²) in [6, 6.07) is 6.55. The van der Waals surface area contributed by atoms with Crippen molar-refractivity contribution in [3.63, 3.8) is 0 Å². The second-order valence-corrected chi connectivity index (χ2v) is 7.28. The fraction of sp³-hybridized carbons (Fsp3) is 0.579. The van der Waals surface area contributed by atoms with E-state index in [2.05, 4.69) is 12.2 Å². The van der Waals surface area contributed by atoms with E-state index in [9.17, 15) is 9.59 Å². The van der Waals surface area contributed by atoms with Crippen molar-refractivity contribution in [1.29, 1.82) is 0 Å². The highest BCUT2D eigenvalue weighted by molar-refractivity contribution is 5.97. The third kappa shape index (κ3) is 5.06. The number of likely N-dealkylation sites (tertiary alicyclic amines) is 1. The Morgan fingerprint density at radius 2 is 1.79 bits per heavy atom. The van der Waals surface area contributed by atoms with E-state index in [-0.39, 0.29) is 11.8 Å². The summed E-state index contributed by atoms with van der Waals surface area (Å²) in [4.78, 5) is 26.4. The third-order valence-electron chi connectivity index (χ3n) is 4.53. The Bertz CT molecular complexity index is 560. The minimum Gasteiger partial charge on any atom is -0.339 e. The maximum Gasteiger partial charge on any atom is 0.253 e. The van der Waals surface area contributed by atoms with Crippen LogP contribution in [0, 0.1) is 11.8 Å². The van der Waals surface area contributed by atoms with E-state index in [0.29, 0.717) is 29.5 Å². The Balaban J connectivity index is 1.93. The summed E-state index contributed by atoms with van der Waals surface area (Å²) in [5.74, 6) is 0.948. The lowest BCUT2D eigenvalue weighted by atomic mass is 9.98. The van der Waals surface area contributed by atoms with Crippen LogP contribution in [0.2, 0.25) is 0 Å². The maximum absolute atomic E-state index is 12.5. The summed E-state index contributed by atoms with van der Waals surface area (Å²) in [7, 11) is 0. The molecule has 1 aliphatic rings. The number of nitrogens with one attached hydrogen (secondary N) is 1. The molecular weight excluding hydrogens is 302 g/mol. The molecule has 0 bridgehead atoms. The highest BCUT2D eigenvalue weighted by atomic mass is 16.2. The van der Waals surface area contributed by atoms with Gasteiger partial charge in [0.05, 0.1) is 6.04 Å². The molecule has 1 aliphatic heterocycles. The Morgan fingerprint density at radius 1 is 1.21 bits per heavy atom. The highest BCUT2D eigenvalue weighted by Crippen LogP contribution is 2.19. The Kier molecular flexibility index (Phi) is 6.37. The lowest BCUT2D eigenvalue weighted by Gasteiger charge is -2.30. The van der Waals surface area contributed by atoms with Gasteiger partial charge < -0.3 is 16.0 Å². The van der Waals surface area contributed by atoms with Gasteiger partial charge in [-0.2, -0.15) is 0 Å². The van der Waals surface area contributed by atoms with E-state index >= 15 is 0 Å². The van der Waals surface area contributed by atoms with E-state index in [4.69, 9.17) is 5.73 Å². The van der Waals surface area contributed by atoms with Crippen LogP contribution >= 0.6 is 0 Å². The van der Waals surface area contributed by atoms with Gasteiger partial charge in [-0.25, -0.2) is 0 Å². The summed E-state index contributed by atoms with van der Waals surface area (Å²) < 4.78 is 0. The standard InChI is InChI=1S/C19H29N3O2/c1-13(2)12-17(20)18(23)21-16-6-4-15(5-7-16)19(24)22-10-8-14(3)9-11-22/h4-7,13-14,17H,8-12,20H2,1-3H3,(H,21,23)/t17-/m0/s1. The second kappa shape index (κ2) is 8.29. The van der Waals surface area contributed by atoms with Crippen LogP contribution in [0.25, 0.3) is 0 Å². The summed E-state index contributed by atoms with van der Waals surface area (Å²) in [5, 5.41) is 2.81. The largest absolute Gasteiger partial charge is 0.339 e. The van der Waals surface area contributed by atoms with Crippen molar-refractivity contribution < 1.29 is 9.59 Å². The topological polar surface area (TPSA) is 75.4 Å². The van der Waals surface area contributed by atoms with Gasteiger partial charge in [-0.3, -0.25) is 9.59 Å². The quantitative estimate of drug-likeness (QED) is 0.871.